The summed E-state index contributed by atoms with van der Waals surface area (Å²) < 4.78 is 0. The summed E-state index contributed by atoms with van der Waals surface area (Å²) in [7, 11) is 0. The molecule has 2 unspecified atom stereocenters. The average molecular weight is 309 g/mol. The van der Waals surface area contributed by atoms with Crippen molar-refractivity contribution in [3.8, 4) is 0 Å². The molecule has 5 nitrogen and oxygen atoms in total. The van der Waals surface area contributed by atoms with E-state index < -0.39 is 0 Å². The minimum absolute atomic E-state index is 0.0752. The van der Waals surface area contributed by atoms with Crippen LogP contribution in [0.2, 0.25) is 5.28 Å². The molecule has 0 radical (unpaired) electrons. The number of thiophene rings is 1. The van der Waals surface area contributed by atoms with Crippen molar-refractivity contribution < 1.29 is 4.79 Å². The van der Waals surface area contributed by atoms with Gasteiger partial charge in [0.2, 0.25) is 11.2 Å². The van der Waals surface area contributed by atoms with E-state index in [4.69, 9.17) is 11.6 Å². The molecule has 7 heteroatoms. The van der Waals surface area contributed by atoms with Crippen LogP contribution in [0.1, 0.15) is 12.8 Å². The molecule has 2 aromatic heterocycles. The van der Waals surface area contributed by atoms with Crippen molar-refractivity contribution in [2.45, 2.75) is 18.9 Å². The van der Waals surface area contributed by atoms with Gasteiger partial charge in [-0.1, -0.05) is 0 Å². The van der Waals surface area contributed by atoms with Crippen molar-refractivity contribution in [2.75, 3.05) is 18.0 Å². The van der Waals surface area contributed by atoms with Crippen LogP contribution in [0.5, 0.6) is 0 Å². The predicted octanol–water partition coefficient (Wildman–Crippen LogP) is 2.06. The van der Waals surface area contributed by atoms with Gasteiger partial charge in [-0.15, -0.1) is 11.3 Å². The van der Waals surface area contributed by atoms with Crippen LogP contribution in [0.15, 0.2) is 11.4 Å². The van der Waals surface area contributed by atoms with E-state index in [0.29, 0.717) is 6.54 Å². The minimum atomic E-state index is 0.0752. The maximum absolute atomic E-state index is 11.9. The van der Waals surface area contributed by atoms with Gasteiger partial charge in [0.05, 0.1) is 17.3 Å². The molecule has 2 aliphatic heterocycles. The first-order valence-electron chi connectivity index (χ1n) is 6.69. The predicted molar refractivity (Wildman–Crippen MR) is 79.3 cm³/mol. The molecule has 2 aromatic rings. The molecule has 104 valence electrons. The highest BCUT2D eigenvalue weighted by molar-refractivity contribution is 7.16. The molecule has 0 spiro atoms. The maximum atomic E-state index is 11.9. The van der Waals surface area contributed by atoms with Gasteiger partial charge >= 0.3 is 0 Å². The van der Waals surface area contributed by atoms with Crippen LogP contribution in [-0.4, -0.2) is 35.0 Å². The molecular weight excluding hydrogens is 296 g/mol. The zero-order valence-electron chi connectivity index (χ0n) is 10.7. The molecule has 0 saturated carbocycles. The number of fused-ring (bicyclic) bond motifs is 2. The third-order valence-electron chi connectivity index (χ3n) is 4.15. The number of nitrogens with zero attached hydrogens (tertiary/aromatic N) is 3. The van der Waals surface area contributed by atoms with Gasteiger partial charge in [0.15, 0.2) is 0 Å². The van der Waals surface area contributed by atoms with Crippen molar-refractivity contribution in [1.29, 1.82) is 0 Å². The summed E-state index contributed by atoms with van der Waals surface area (Å²) in [6, 6.07) is 2.21. The lowest BCUT2D eigenvalue weighted by Crippen LogP contribution is -2.46. The number of rotatable bonds is 1. The van der Waals surface area contributed by atoms with E-state index in [1.54, 1.807) is 11.3 Å². The number of carbonyl (C=O) groups excluding carboxylic acids is 1. The monoisotopic (exact) mass is 308 g/mol. The highest BCUT2D eigenvalue weighted by Crippen LogP contribution is 2.35. The SMILES string of the molecule is O=C1NCC2C1CCCN2c1nc(Cl)nc2sccc12. The van der Waals surface area contributed by atoms with Crippen LogP contribution in [0.4, 0.5) is 5.82 Å². The van der Waals surface area contributed by atoms with E-state index in [2.05, 4.69) is 20.2 Å². The molecule has 4 rings (SSSR count). The number of hydrogen-bond donors (Lipinski definition) is 1. The molecule has 20 heavy (non-hydrogen) atoms. The van der Waals surface area contributed by atoms with Crippen LogP contribution in [0.3, 0.4) is 0 Å². The van der Waals surface area contributed by atoms with Gasteiger partial charge in [0, 0.05) is 13.1 Å². The second-order valence-electron chi connectivity index (χ2n) is 5.21. The first-order chi connectivity index (χ1) is 9.74. The Kier molecular flexibility index (Phi) is 2.82. The van der Waals surface area contributed by atoms with Gasteiger partial charge in [-0.3, -0.25) is 4.79 Å². The number of aromatic nitrogens is 2. The Morgan fingerprint density at radius 1 is 1.45 bits per heavy atom. The van der Waals surface area contributed by atoms with Crippen molar-refractivity contribution >= 4 is 44.9 Å². The highest BCUT2D eigenvalue weighted by atomic mass is 35.5. The minimum Gasteiger partial charge on any atom is -0.354 e. The zero-order valence-corrected chi connectivity index (χ0v) is 12.2. The average Bonchev–Trinajstić information content (AvgIpc) is 3.05. The first-order valence-corrected chi connectivity index (χ1v) is 7.95. The van der Waals surface area contributed by atoms with E-state index in [1.807, 2.05) is 11.4 Å². The molecule has 0 aromatic carbocycles. The topological polar surface area (TPSA) is 58.1 Å². The number of hydrogen-bond acceptors (Lipinski definition) is 5. The molecule has 2 fully saturated rings. The fourth-order valence-corrected chi connectivity index (χ4v) is 4.22. The van der Waals surface area contributed by atoms with Crippen molar-refractivity contribution in [2.24, 2.45) is 5.92 Å². The Labute approximate surface area is 125 Å². The Bertz CT molecular complexity index is 688. The number of amides is 1. The largest absolute Gasteiger partial charge is 0.354 e. The fraction of sp³-hybridized carbons (Fsp3) is 0.462. The number of nitrogens with one attached hydrogen (secondary N) is 1. The lowest BCUT2D eigenvalue weighted by molar-refractivity contribution is -0.122. The summed E-state index contributed by atoms with van der Waals surface area (Å²) in [5, 5.41) is 6.26. The number of halogens is 1. The second kappa shape index (κ2) is 4.56. The van der Waals surface area contributed by atoms with E-state index >= 15 is 0 Å². The van der Waals surface area contributed by atoms with Crippen LogP contribution in [-0.2, 0) is 4.79 Å². The third-order valence-corrected chi connectivity index (χ3v) is 5.13. The highest BCUT2D eigenvalue weighted by Gasteiger charge is 2.41. The standard InChI is InChI=1S/C13H13ClN4OS/c14-13-16-10(8-3-5-20-12(8)17-13)18-4-1-2-7-9(18)6-15-11(7)19/h3,5,7,9H,1-2,4,6H2,(H,15,19). The molecule has 2 saturated heterocycles. The fourth-order valence-electron chi connectivity index (χ4n) is 3.25. The van der Waals surface area contributed by atoms with Crippen LogP contribution < -0.4 is 10.2 Å². The summed E-state index contributed by atoms with van der Waals surface area (Å²) in [6.07, 6.45) is 1.96. The van der Waals surface area contributed by atoms with Crippen LogP contribution in [0.25, 0.3) is 10.2 Å². The molecule has 2 aliphatic rings. The zero-order chi connectivity index (χ0) is 13.7. The smallest absolute Gasteiger partial charge is 0.225 e. The van der Waals surface area contributed by atoms with Crippen LogP contribution in [0, 0.1) is 5.92 Å². The molecule has 1 amide bonds. The summed E-state index contributed by atoms with van der Waals surface area (Å²) in [5.74, 6) is 1.11. The van der Waals surface area contributed by atoms with E-state index in [-0.39, 0.29) is 23.2 Å². The first kappa shape index (κ1) is 12.3. The van der Waals surface area contributed by atoms with Gasteiger partial charge in [-0.2, -0.15) is 4.98 Å². The van der Waals surface area contributed by atoms with Crippen LogP contribution >= 0.6 is 22.9 Å². The summed E-state index contributed by atoms with van der Waals surface area (Å²) in [4.78, 5) is 23.7. The molecular formula is C13H13ClN4OS. The van der Waals surface area contributed by atoms with Gasteiger partial charge < -0.3 is 10.2 Å². The molecule has 4 heterocycles. The van der Waals surface area contributed by atoms with Gasteiger partial charge in [0.25, 0.3) is 0 Å². The van der Waals surface area contributed by atoms with E-state index in [0.717, 1.165) is 35.4 Å². The molecule has 2 atom stereocenters. The normalized spacial score (nSPS) is 25.9. The molecule has 1 N–H and O–H groups in total. The van der Waals surface area contributed by atoms with Crippen molar-refractivity contribution in [1.82, 2.24) is 15.3 Å². The molecule has 0 aliphatic carbocycles. The maximum Gasteiger partial charge on any atom is 0.225 e. The number of anilines is 1. The van der Waals surface area contributed by atoms with Crippen molar-refractivity contribution in [3.05, 3.63) is 16.7 Å². The lowest BCUT2D eigenvalue weighted by Gasteiger charge is -2.37. The summed E-state index contributed by atoms with van der Waals surface area (Å²) in [5.41, 5.74) is 0. The Hall–Kier alpha value is -1.40. The Morgan fingerprint density at radius 2 is 2.35 bits per heavy atom. The lowest BCUT2D eigenvalue weighted by atomic mass is 9.91. The van der Waals surface area contributed by atoms with E-state index in [9.17, 15) is 4.79 Å². The van der Waals surface area contributed by atoms with Crippen molar-refractivity contribution in [3.63, 3.8) is 0 Å². The van der Waals surface area contributed by atoms with Gasteiger partial charge in [-0.05, 0) is 35.9 Å². The Morgan fingerprint density at radius 3 is 3.25 bits per heavy atom. The summed E-state index contributed by atoms with van der Waals surface area (Å²) >= 11 is 7.61. The second-order valence-corrected chi connectivity index (χ2v) is 6.44. The Balaban J connectivity index is 1.82. The summed E-state index contributed by atoms with van der Waals surface area (Å²) in [6.45, 7) is 1.60. The third kappa shape index (κ3) is 1.78. The van der Waals surface area contributed by atoms with E-state index in [1.165, 1.54) is 0 Å². The van der Waals surface area contributed by atoms with Gasteiger partial charge in [-0.25, -0.2) is 4.98 Å². The van der Waals surface area contributed by atoms with Gasteiger partial charge in [0.1, 0.15) is 10.6 Å². The molecule has 0 bridgehead atoms. The number of piperidine rings is 1. The quantitative estimate of drug-likeness (QED) is 0.819. The number of carbonyl (C=O) groups is 1.